The number of rotatable bonds is 4. The van der Waals surface area contributed by atoms with Crippen LogP contribution in [0.2, 0.25) is 5.15 Å². The molecule has 1 heterocycles. The zero-order valence-corrected chi connectivity index (χ0v) is 9.62. The Labute approximate surface area is 98.5 Å². The maximum absolute atomic E-state index is 9.69. The number of halogens is 1. The fourth-order valence-electron chi connectivity index (χ4n) is 1.11. The number of aliphatic hydroxyl groups excluding tert-OH is 2. The standard InChI is InChI=1S/C9H13ClN2O2S/c10-9-5(11)1-2-6(12-9)8(14)7(13)3-4-15/h1-2,7-8,13-15H,3-4,11H2. The van der Waals surface area contributed by atoms with E-state index in [0.29, 0.717) is 23.6 Å². The van der Waals surface area contributed by atoms with Crippen LogP contribution in [0.25, 0.3) is 0 Å². The summed E-state index contributed by atoms with van der Waals surface area (Å²) in [6.07, 6.45) is -1.57. The van der Waals surface area contributed by atoms with Gasteiger partial charge in [0.15, 0.2) is 5.15 Å². The molecule has 0 bridgehead atoms. The van der Waals surface area contributed by atoms with Crippen LogP contribution in [0.3, 0.4) is 0 Å². The van der Waals surface area contributed by atoms with Gasteiger partial charge in [0.2, 0.25) is 0 Å². The van der Waals surface area contributed by atoms with Crippen LogP contribution >= 0.6 is 24.2 Å². The van der Waals surface area contributed by atoms with Gasteiger partial charge in [-0.1, -0.05) is 11.6 Å². The predicted molar refractivity (Wildman–Crippen MR) is 63.1 cm³/mol. The second-order valence-electron chi connectivity index (χ2n) is 3.14. The van der Waals surface area contributed by atoms with Gasteiger partial charge in [0, 0.05) is 0 Å². The molecule has 0 aromatic carbocycles. The topological polar surface area (TPSA) is 79.4 Å². The smallest absolute Gasteiger partial charge is 0.152 e. The van der Waals surface area contributed by atoms with Gasteiger partial charge >= 0.3 is 0 Å². The Morgan fingerprint density at radius 2 is 2.13 bits per heavy atom. The number of anilines is 1. The molecule has 15 heavy (non-hydrogen) atoms. The second kappa shape index (κ2) is 5.55. The highest BCUT2D eigenvalue weighted by Crippen LogP contribution is 2.22. The molecule has 84 valence electrons. The maximum Gasteiger partial charge on any atom is 0.152 e. The summed E-state index contributed by atoms with van der Waals surface area (Å²) in [7, 11) is 0. The number of nitrogens with zero attached hydrogens (tertiary/aromatic N) is 1. The minimum Gasteiger partial charge on any atom is -0.396 e. The van der Waals surface area contributed by atoms with Gasteiger partial charge < -0.3 is 15.9 Å². The molecule has 2 unspecified atom stereocenters. The molecule has 0 spiro atoms. The lowest BCUT2D eigenvalue weighted by atomic mass is 10.1. The van der Waals surface area contributed by atoms with Crippen LogP contribution in [0.1, 0.15) is 18.2 Å². The molecule has 0 fully saturated rings. The van der Waals surface area contributed by atoms with Crippen molar-refractivity contribution in [1.82, 2.24) is 4.98 Å². The molecular weight excluding hydrogens is 236 g/mol. The lowest BCUT2D eigenvalue weighted by Crippen LogP contribution is -2.19. The summed E-state index contributed by atoms with van der Waals surface area (Å²) in [6.45, 7) is 0. The van der Waals surface area contributed by atoms with E-state index in [0.717, 1.165) is 0 Å². The van der Waals surface area contributed by atoms with Gasteiger partial charge in [-0.2, -0.15) is 12.6 Å². The summed E-state index contributed by atoms with van der Waals surface area (Å²) in [6, 6.07) is 3.08. The second-order valence-corrected chi connectivity index (χ2v) is 3.95. The van der Waals surface area contributed by atoms with E-state index >= 15 is 0 Å². The first-order valence-electron chi connectivity index (χ1n) is 4.45. The third kappa shape index (κ3) is 3.24. The van der Waals surface area contributed by atoms with Crippen molar-refractivity contribution in [1.29, 1.82) is 0 Å². The molecule has 6 heteroatoms. The van der Waals surface area contributed by atoms with Gasteiger partial charge in [0.25, 0.3) is 0 Å². The minimum atomic E-state index is -1.06. The zero-order valence-electron chi connectivity index (χ0n) is 7.97. The zero-order chi connectivity index (χ0) is 11.4. The number of thiol groups is 1. The van der Waals surface area contributed by atoms with Crippen LogP contribution in [0.5, 0.6) is 0 Å². The van der Waals surface area contributed by atoms with Gasteiger partial charge in [-0.05, 0) is 24.3 Å². The largest absolute Gasteiger partial charge is 0.396 e. The van der Waals surface area contributed by atoms with Crippen molar-refractivity contribution in [3.63, 3.8) is 0 Å². The van der Waals surface area contributed by atoms with Gasteiger partial charge in [-0.15, -0.1) is 0 Å². The Morgan fingerprint density at radius 3 is 2.67 bits per heavy atom. The van der Waals surface area contributed by atoms with Crippen LogP contribution in [0, 0.1) is 0 Å². The van der Waals surface area contributed by atoms with E-state index in [9.17, 15) is 10.2 Å². The third-order valence-electron chi connectivity index (χ3n) is 1.99. The molecule has 1 rings (SSSR count). The monoisotopic (exact) mass is 248 g/mol. The van der Waals surface area contributed by atoms with Gasteiger partial charge in [-0.3, -0.25) is 0 Å². The molecule has 4 N–H and O–H groups in total. The van der Waals surface area contributed by atoms with E-state index in [1.807, 2.05) is 0 Å². The lowest BCUT2D eigenvalue weighted by Gasteiger charge is -2.16. The third-order valence-corrected chi connectivity index (χ3v) is 2.55. The molecule has 4 nitrogen and oxygen atoms in total. The van der Waals surface area contributed by atoms with Crippen molar-refractivity contribution in [2.75, 3.05) is 11.5 Å². The quantitative estimate of drug-likeness (QED) is 0.474. The van der Waals surface area contributed by atoms with Crippen molar-refractivity contribution in [2.45, 2.75) is 18.6 Å². The van der Waals surface area contributed by atoms with Crippen molar-refractivity contribution in [3.8, 4) is 0 Å². The highest BCUT2D eigenvalue weighted by atomic mass is 35.5. The van der Waals surface area contributed by atoms with Gasteiger partial charge in [0.05, 0.1) is 17.5 Å². The van der Waals surface area contributed by atoms with Gasteiger partial charge in [-0.25, -0.2) is 4.98 Å². The normalized spacial score (nSPS) is 14.9. The summed E-state index contributed by atoms with van der Waals surface area (Å²) in [5, 5.41) is 19.3. The van der Waals surface area contributed by atoms with E-state index in [1.165, 1.54) is 6.07 Å². The first kappa shape index (κ1) is 12.6. The molecule has 0 aliphatic rings. The fraction of sp³-hybridized carbons (Fsp3) is 0.444. The van der Waals surface area contributed by atoms with Crippen molar-refractivity contribution >= 4 is 29.9 Å². The number of pyridine rings is 1. The van der Waals surface area contributed by atoms with Crippen LogP contribution < -0.4 is 5.73 Å². The Bertz CT molecular complexity index is 338. The minimum absolute atomic E-state index is 0.129. The Balaban J connectivity index is 2.81. The van der Waals surface area contributed by atoms with Crippen LogP contribution in [-0.4, -0.2) is 27.1 Å². The van der Waals surface area contributed by atoms with Crippen LogP contribution in [-0.2, 0) is 0 Å². The fourth-order valence-corrected chi connectivity index (χ4v) is 1.54. The molecule has 2 atom stereocenters. The number of hydrogen-bond acceptors (Lipinski definition) is 5. The lowest BCUT2D eigenvalue weighted by molar-refractivity contribution is 0.0147. The highest BCUT2D eigenvalue weighted by molar-refractivity contribution is 7.80. The molecule has 0 aliphatic carbocycles. The van der Waals surface area contributed by atoms with E-state index in [-0.39, 0.29) is 5.15 Å². The first-order chi connectivity index (χ1) is 7.06. The average molecular weight is 249 g/mol. The molecule has 0 saturated carbocycles. The summed E-state index contributed by atoms with van der Waals surface area (Å²) in [5.41, 5.74) is 6.13. The molecule has 1 aromatic rings. The summed E-state index contributed by atoms with van der Waals surface area (Å²) >= 11 is 9.66. The maximum atomic E-state index is 9.69. The Hall–Kier alpha value is -0.490. The molecule has 1 aromatic heterocycles. The van der Waals surface area contributed by atoms with Crippen molar-refractivity contribution in [2.24, 2.45) is 0 Å². The molecular formula is C9H13ClN2O2S. The number of nitrogen functional groups attached to an aromatic ring is 1. The van der Waals surface area contributed by atoms with Crippen LogP contribution in [0.15, 0.2) is 12.1 Å². The van der Waals surface area contributed by atoms with Crippen molar-refractivity contribution < 1.29 is 10.2 Å². The number of aliphatic hydroxyl groups is 2. The van der Waals surface area contributed by atoms with E-state index in [1.54, 1.807) is 6.07 Å². The predicted octanol–water partition coefficient (Wildman–Crippen LogP) is 1.03. The van der Waals surface area contributed by atoms with E-state index in [4.69, 9.17) is 17.3 Å². The SMILES string of the molecule is Nc1ccc(C(O)C(O)CCS)nc1Cl. The Morgan fingerprint density at radius 1 is 1.47 bits per heavy atom. The van der Waals surface area contributed by atoms with E-state index < -0.39 is 12.2 Å². The summed E-state index contributed by atoms with van der Waals surface area (Å²) < 4.78 is 0. The number of hydrogen-bond donors (Lipinski definition) is 4. The van der Waals surface area contributed by atoms with Crippen molar-refractivity contribution in [3.05, 3.63) is 23.0 Å². The van der Waals surface area contributed by atoms with Gasteiger partial charge in [0.1, 0.15) is 6.10 Å². The van der Waals surface area contributed by atoms with Crippen LogP contribution in [0.4, 0.5) is 5.69 Å². The molecule has 0 saturated heterocycles. The summed E-state index contributed by atoms with van der Waals surface area (Å²) in [4.78, 5) is 3.88. The Kier molecular flexibility index (Phi) is 4.66. The molecule has 0 aliphatic heterocycles. The molecule has 0 radical (unpaired) electrons. The molecule has 0 amide bonds. The first-order valence-corrected chi connectivity index (χ1v) is 5.46. The number of aromatic nitrogens is 1. The average Bonchev–Trinajstić information content (AvgIpc) is 2.21. The number of nitrogens with two attached hydrogens (primary N) is 1. The summed E-state index contributed by atoms with van der Waals surface area (Å²) in [5.74, 6) is 0.487. The van der Waals surface area contributed by atoms with E-state index in [2.05, 4.69) is 17.6 Å². The highest BCUT2D eigenvalue weighted by Gasteiger charge is 2.19.